The van der Waals surface area contributed by atoms with E-state index in [0.29, 0.717) is 11.5 Å². The Balaban J connectivity index is 3.33. The van der Waals surface area contributed by atoms with E-state index in [1.165, 1.54) is 0 Å². The number of ether oxygens (including phenoxy) is 2. The van der Waals surface area contributed by atoms with Crippen molar-refractivity contribution < 1.29 is 14.3 Å². The van der Waals surface area contributed by atoms with Crippen LogP contribution in [0.1, 0.15) is 55.5 Å². The highest BCUT2D eigenvalue weighted by Gasteiger charge is 2.33. The fourth-order valence-corrected chi connectivity index (χ4v) is 2.20. The maximum atomic E-state index is 11.8. The molecule has 0 aliphatic rings. The summed E-state index contributed by atoms with van der Waals surface area (Å²) in [5.74, 6) is 0.146. The maximum Gasteiger partial charge on any atom is 0.343 e. The van der Waals surface area contributed by atoms with E-state index in [1.54, 1.807) is 21.0 Å². The highest BCUT2D eigenvalue weighted by atomic mass is 16.5. The molecule has 1 aromatic heterocycles. The minimum Gasteiger partial charge on any atom is -0.462 e. The van der Waals surface area contributed by atoms with Crippen LogP contribution in [0.15, 0.2) is 0 Å². The summed E-state index contributed by atoms with van der Waals surface area (Å²) in [6, 6.07) is 0. The molecule has 0 unspecified atom stereocenters. The molecule has 0 fully saturated rings. The Bertz CT molecular complexity index is 453. The third kappa shape index (κ3) is 2.90. The molecule has 0 saturated carbocycles. The van der Waals surface area contributed by atoms with Gasteiger partial charge in [-0.15, -0.1) is 0 Å². The molecule has 0 aliphatic heterocycles. The lowest BCUT2D eigenvalue weighted by Gasteiger charge is -2.29. The van der Waals surface area contributed by atoms with Crippen LogP contribution in [-0.4, -0.2) is 29.7 Å². The molecule has 1 aromatic rings. The van der Waals surface area contributed by atoms with Crippen molar-refractivity contribution in [3.63, 3.8) is 0 Å². The van der Waals surface area contributed by atoms with Crippen LogP contribution in [0.25, 0.3) is 0 Å². The molecule has 2 N–H and O–H groups in total. The summed E-state index contributed by atoms with van der Waals surface area (Å²) >= 11 is 0. The fourth-order valence-electron chi connectivity index (χ4n) is 2.20. The number of carbonyl (C=O) groups is 1. The number of nitrogens with two attached hydrogens (primary N) is 1. The average molecular weight is 281 g/mol. The van der Waals surface area contributed by atoms with Crippen molar-refractivity contribution in [3.05, 3.63) is 17.1 Å². The zero-order valence-electron chi connectivity index (χ0n) is 12.8. The van der Waals surface area contributed by atoms with Crippen LogP contribution < -0.4 is 5.73 Å². The topological polar surface area (TPSA) is 87.3 Å². The number of hydrogen-bond donors (Lipinski definition) is 1. The van der Waals surface area contributed by atoms with Crippen molar-refractivity contribution in [2.75, 3.05) is 19.5 Å². The van der Waals surface area contributed by atoms with Crippen LogP contribution in [0.2, 0.25) is 0 Å². The van der Waals surface area contributed by atoms with Gasteiger partial charge in [0.2, 0.25) is 0 Å². The monoisotopic (exact) mass is 281 g/mol. The van der Waals surface area contributed by atoms with E-state index in [2.05, 4.69) is 9.97 Å². The number of aryl methyl sites for hydroxylation is 1. The number of methoxy groups -OCH3 is 1. The normalized spacial score (nSPS) is 11.4. The summed E-state index contributed by atoms with van der Waals surface area (Å²) in [4.78, 5) is 20.5. The zero-order chi connectivity index (χ0) is 15.3. The molecule has 0 spiro atoms. The molecule has 112 valence electrons. The van der Waals surface area contributed by atoms with E-state index < -0.39 is 11.6 Å². The van der Waals surface area contributed by atoms with E-state index in [9.17, 15) is 4.79 Å². The van der Waals surface area contributed by atoms with Crippen molar-refractivity contribution >= 4 is 11.8 Å². The predicted octanol–water partition coefficient (Wildman–Crippen LogP) is 2.21. The van der Waals surface area contributed by atoms with Gasteiger partial charge in [0.15, 0.2) is 5.82 Å². The van der Waals surface area contributed by atoms with E-state index in [1.807, 2.05) is 13.8 Å². The standard InChI is InChI=1S/C14H23N3O3/c1-6-14(7-2,19-5)13-16-9(4)10(11(15)17-13)12(18)20-8-3/h6-8H2,1-5H3,(H2,15,16,17). The summed E-state index contributed by atoms with van der Waals surface area (Å²) in [6.45, 7) is 7.75. The second kappa shape index (κ2) is 6.65. The minimum absolute atomic E-state index is 0.134. The maximum absolute atomic E-state index is 11.8. The first-order chi connectivity index (χ1) is 9.45. The molecule has 0 amide bonds. The molecule has 6 nitrogen and oxygen atoms in total. The minimum atomic E-state index is -0.577. The first-order valence-electron chi connectivity index (χ1n) is 6.82. The lowest BCUT2D eigenvalue weighted by Crippen LogP contribution is -2.31. The van der Waals surface area contributed by atoms with Crippen molar-refractivity contribution in [2.45, 2.75) is 46.1 Å². The Hall–Kier alpha value is -1.69. The predicted molar refractivity (Wildman–Crippen MR) is 76.4 cm³/mol. The van der Waals surface area contributed by atoms with Gasteiger partial charge >= 0.3 is 5.97 Å². The molecule has 6 heteroatoms. The van der Waals surface area contributed by atoms with Gasteiger partial charge in [-0.05, 0) is 26.7 Å². The summed E-state index contributed by atoms with van der Waals surface area (Å²) in [7, 11) is 1.63. The van der Waals surface area contributed by atoms with Gasteiger partial charge in [-0.2, -0.15) is 0 Å². The molecule has 0 saturated heterocycles. The lowest BCUT2D eigenvalue weighted by atomic mass is 9.95. The van der Waals surface area contributed by atoms with Gasteiger partial charge < -0.3 is 15.2 Å². The lowest BCUT2D eigenvalue weighted by molar-refractivity contribution is -0.0292. The van der Waals surface area contributed by atoms with E-state index in [-0.39, 0.29) is 18.0 Å². The third-order valence-electron chi connectivity index (χ3n) is 3.54. The molecule has 1 rings (SSSR count). The fraction of sp³-hybridized carbons (Fsp3) is 0.643. The molecule has 0 aliphatic carbocycles. The van der Waals surface area contributed by atoms with Crippen LogP contribution in [0, 0.1) is 6.92 Å². The van der Waals surface area contributed by atoms with E-state index in [4.69, 9.17) is 15.2 Å². The van der Waals surface area contributed by atoms with E-state index >= 15 is 0 Å². The Morgan fingerprint density at radius 1 is 1.25 bits per heavy atom. The van der Waals surface area contributed by atoms with Crippen LogP contribution in [0.5, 0.6) is 0 Å². The third-order valence-corrected chi connectivity index (χ3v) is 3.54. The number of carbonyl (C=O) groups excluding carboxylic acids is 1. The van der Waals surface area contributed by atoms with Crippen LogP contribution in [0.4, 0.5) is 5.82 Å². The largest absolute Gasteiger partial charge is 0.462 e. The number of esters is 1. The first kappa shape index (κ1) is 16.4. The van der Waals surface area contributed by atoms with Crippen molar-refractivity contribution in [3.8, 4) is 0 Å². The van der Waals surface area contributed by atoms with Gasteiger partial charge in [0.05, 0.1) is 12.3 Å². The zero-order valence-corrected chi connectivity index (χ0v) is 12.8. The molecule has 0 radical (unpaired) electrons. The Morgan fingerprint density at radius 2 is 1.85 bits per heavy atom. The molecule has 0 aromatic carbocycles. The second-order valence-corrected chi connectivity index (χ2v) is 4.52. The second-order valence-electron chi connectivity index (χ2n) is 4.52. The number of hydrogen-bond acceptors (Lipinski definition) is 6. The summed E-state index contributed by atoms with van der Waals surface area (Å²) in [5.41, 5.74) is 6.07. The van der Waals surface area contributed by atoms with Crippen LogP contribution >= 0.6 is 0 Å². The van der Waals surface area contributed by atoms with Crippen molar-refractivity contribution in [1.82, 2.24) is 9.97 Å². The molecular formula is C14H23N3O3. The Kier molecular flexibility index (Phi) is 5.44. The molecule has 0 atom stereocenters. The van der Waals surface area contributed by atoms with Crippen LogP contribution in [0.3, 0.4) is 0 Å². The number of aromatic nitrogens is 2. The number of anilines is 1. The molecular weight excluding hydrogens is 258 g/mol. The SMILES string of the molecule is CCOC(=O)c1c(C)nc(C(CC)(CC)OC)nc1N. The summed E-state index contributed by atoms with van der Waals surface area (Å²) < 4.78 is 10.5. The van der Waals surface area contributed by atoms with Crippen LogP contribution in [-0.2, 0) is 15.1 Å². The highest BCUT2D eigenvalue weighted by molar-refractivity contribution is 5.95. The Labute approximate surface area is 119 Å². The highest BCUT2D eigenvalue weighted by Crippen LogP contribution is 2.31. The number of nitrogens with zero attached hydrogens (tertiary/aromatic N) is 2. The van der Waals surface area contributed by atoms with Gasteiger partial charge in [-0.1, -0.05) is 13.8 Å². The molecule has 1 heterocycles. The quantitative estimate of drug-likeness (QED) is 0.804. The molecule has 20 heavy (non-hydrogen) atoms. The summed E-state index contributed by atoms with van der Waals surface area (Å²) in [5, 5.41) is 0. The van der Waals surface area contributed by atoms with Gasteiger partial charge in [0.1, 0.15) is 17.0 Å². The molecule has 0 bridgehead atoms. The smallest absolute Gasteiger partial charge is 0.343 e. The number of nitrogen functional groups attached to an aromatic ring is 1. The van der Waals surface area contributed by atoms with Gasteiger partial charge in [-0.3, -0.25) is 0 Å². The Morgan fingerprint density at radius 3 is 2.25 bits per heavy atom. The van der Waals surface area contributed by atoms with Crippen molar-refractivity contribution in [1.29, 1.82) is 0 Å². The average Bonchev–Trinajstić information content (AvgIpc) is 2.41. The number of rotatable bonds is 6. The van der Waals surface area contributed by atoms with Gasteiger partial charge in [0, 0.05) is 7.11 Å². The first-order valence-corrected chi connectivity index (χ1v) is 6.82. The van der Waals surface area contributed by atoms with E-state index in [0.717, 1.165) is 12.8 Å². The summed E-state index contributed by atoms with van der Waals surface area (Å²) in [6.07, 6.45) is 1.44. The van der Waals surface area contributed by atoms with Gasteiger partial charge in [0.25, 0.3) is 0 Å². The van der Waals surface area contributed by atoms with Crippen molar-refractivity contribution in [2.24, 2.45) is 0 Å². The van der Waals surface area contributed by atoms with Gasteiger partial charge in [-0.25, -0.2) is 14.8 Å².